The number of methoxy groups -OCH3 is 1. The van der Waals surface area contributed by atoms with Crippen molar-refractivity contribution in [1.82, 2.24) is 29.2 Å². The van der Waals surface area contributed by atoms with Crippen molar-refractivity contribution in [3.8, 4) is 11.6 Å². The molecule has 9 nitrogen and oxygen atoms in total. The maximum absolute atomic E-state index is 13.6. The summed E-state index contributed by atoms with van der Waals surface area (Å²) in [6.45, 7) is 3.28. The van der Waals surface area contributed by atoms with Crippen molar-refractivity contribution in [2.75, 3.05) is 7.11 Å². The minimum Gasteiger partial charge on any atom is -0.481 e. The Balaban J connectivity index is 1.17. The molecule has 6 rings (SSSR count). The zero-order chi connectivity index (χ0) is 26.9. The Hall–Kier alpha value is -4.40. The molecule has 0 spiro atoms. The van der Waals surface area contributed by atoms with Crippen LogP contribution < -0.4 is 15.7 Å². The number of benzene rings is 2. The Labute approximate surface area is 226 Å². The van der Waals surface area contributed by atoms with Crippen molar-refractivity contribution >= 4 is 27.8 Å². The van der Waals surface area contributed by atoms with Gasteiger partial charge < -0.3 is 10.1 Å². The first-order chi connectivity index (χ1) is 19.1. The summed E-state index contributed by atoms with van der Waals surface area (Å²) in [6, 6.07) is 19.4. The standard InChI is InChI=1S/C30H32N6O3/c1-3-35-28(23-8-4-5-9-24(23)33-35)29(37)32-21-14-12-20(13-15-21)19-34-25-10-6-7-11-26(25)36(30(34)38)22-16-17-27(39-2)31-18-22/h4-11,16-18,20-21H,3,12-15,19H2,1-2H3,(H,32,37)/t20-,21-. The Morgan fingerprint density at radius 3 is 2.46 bits per heavy atom. The van der Waals surface area contributed by atoms with E-state index in [0.717, 1.165) is 47.6 Å². The predicted octanol–water partition coefficient (Wildman–Crippen LogP) is 4.55. The summed E-state index contributed by atoms with van der Waals surface area (Å²) in [5.74, 6) is 0.791. The zero-order valence-electron chi connectivity index (χ0n) is 22.2. The molecule has 1 saturated carbocycles. The third kappa shape index (κ3) is 4.58. The molecular weight excluding hydrogens is 492 g/mol. The second kappa shape index (κ2) is 10.4. The number of imidazole rings is 1. The maximum Gasteiger partial charge on any atom is 0.333 e. The second-order valence-electron chi connectivity index (χ2n) is 10.1. The van der Waals surface area contributed by atoms with Gasteiger partial charge in [-0.1, -0.05) is 30.3 Å². The molecule has 1 aliphatic carbocycles. The molecule has 0 atom stereocenters. The van der Waals surface area contributed by atoms with Gasteiger partial charge in [-0.2, -0.15) is 5.10 Å². The average Bonchev–Trinajstić information content (AvgIpc) is 3.49. The number of hydrogen-bond donors (Lipinski definition) is 1. The van der Waals surface area contributed by atoms with Gasteiger partial charge in [-0.15, -0.1) is 0 Å². The van der Waals surface area contributed by atoms with E-state index < -0.39 is 0 Å². The first kappa shape index (κ1) is 24.9. The molecule has 0 aliphatic heterocycles. The molecule has 1 amide bonds. The summed E-state index contributed by atoms with van der Waals surface area (Å²) in [5.41, 5.74) is 3.87. The van der Waals surface area contributed by atoms with Gasteiger partial charge in [-0.25, -0.2) is 9.78 Å². The van der Waals surface area contributed by atoms with Crippen LogP contribution in [0.2, 0.25) is 0 Å². The molecule has 9 heteroatoms. The van der Waals surface area contributed by atoms with Crippen LogP contribution in [0.1, 0.15) is 43.1 Å². The molecule has 0 radical (unpaired) electrons. The van der Waals surface area contributed by atoms with E-state index in [-0.39, 0.29) is 17.6 Å². The molecule has 1 aliphatic rings. The fourth-order valence-corrected chi connectivity index (χ4v) is 5.81. The molecule has 200 valence electrons. The van der Waals surface area contributed by atoms with Gasteiger partial charge in [-0.05, 0) is 62.8 Å². The van der Waals surface area contributed by atoms with Crippen LogP contribution in [0.5, 0.6) is 5.88 Å². The van der Waals surface area contributed by atoms with E-state index in [1.807, 2.05) is 66.1 Å². The van der Waals surface area contributed by atoms with E-state index in [4.69, 9.17) is 4.74 Å². The van der Waals surface area contributed by atoms with Gasteiger partial charge >= 0.3 is 5.69 Å². The van der Waals surface area contributed by atoms with E-state index in [1.54, 1.807) is 28.6 Å². The maximum atomic E-state index is 13.6. The van der Waals surface area contributed by atoms with Crippen molar-refractivity contribution in [2.45, 2.75) is 51.7 Å². The van der Waals surface area contributed by atoms with Crippen LogP contribution >= 0.6 is 0 Å². The number of nitrogens with one attached hydrogen (secondary N) is 1. The molecule has 3 aromatic heterocycles. The number of carbonyl (C=O) groups is 1. The zero-order valence-corrected chi connectivity index (χ0v) is 22.2. The topological polar surface area (TPSA) is 96.0 Å². The normalized spacial score (nSPS) is 17.5. The highest BCUT2D eigenvalue weighted by Gasteiger charge is 2.27. The van der Waals surface area contributed by atoms with Crippen LogP contribution in [0.25, 0.3) is 27.6 Å². The van der Waals surface area contributed by atoms with Crippen LogP contribution in [0, 0.1) is 5.92 Å². The fraction of sp³-hybridized carbons (Fsp3) is 0.333. The minimum atomic E-state index is -0.0710. The van der Waals surface area contributed by atoms with Gasteiger partial charge in [0.1, 0.15) is 5.69 Å². The van der Waals surface area contributed by atoms with Crippen LogP contribution in [-0.2, 0) is 13.1 Å². The second-order valence-corrected chi connectivity index (χ2v) is 10.1. The summed E-state index contributed by atoms with van der Waals surface area (Å²) in [5, 5.41) is 8.72. The van der Waals surface area contributed by atoms with Crippen molar-refractivity contribution in [2.24, 2.45) is 5.92 Å². The highest BCUT2D eigenvalue weighted by atomic mass is 16.5. The first-order valence-electron chi connectivity index (χ1n) is 13.5. The van der Waals surface area contributed by atoms with Crippen molar-refractivity contribution < 1.29 is 9.53 Å². The third-order valence-electron chi connectivity index (χ3n) is 7.81. The van der Waals surface area contributed by atoms with Gasteiger partial charge in [0.25, 0.3) is 5.91 Å². The summed E-state index contributed by atoms with van der Waals surface area (Å²) in [6.07, 6.45) is 5.30. The molecular formula is C30H32N6O3. The molecule has 3 heterocycles. The lowest BCUT2D eigenvalue weighted by Gasteiger charge is -2.29. The Bertz CT molecular complexity index is 1690. The summed E-state index contributed by atoms with van der Waals surface area (Å²) >= 11 is 0. The number of ether oxygens (including phenoxy) is 1. The Kier molecular flexibility index (Phi) is 6.64. The summed E-state index contributed by atoms with van der Waals surface area (Å²) < 4.78 is 10.6. The molecule has 2 aromatic carbocycles. The van der Waals surface area contributed by atoms with Crippen molar-refractivity contribution in [3.05, 3.63) is 83.0 Å². The molecule has 0 bridgehead atoms. The van der Waals surface area contributed by atoms with E-state index >= 15 is 0 Å². The number of carbonyl (C=O) groups excluding carboxylic acids is 1. The van der Waals surface area contributed by atoms with Crippen molar-refractivity contribution in [1.29, 1.82) is 0 Å². The molecule has 5 aromatic rings. The molecule has 39 heavy (non-hydrogen) atoms. The number of fused-ring (bicyclic) bond motifs is 2. The SMILES string of the molecule is CCn1nc2ccccc2c1C(=O)N[C@H]1CC[C@H](Cn2c(=O)n(-c3ccc(OC)nc3)c3ccccc32)CC1. The van der Waals surface area contributed by atoms with Gasteiger partial charge in [-0.3, -0.25) is 18.6 Å². The number of aromatic nitrogens is 5. The van der Waals surface area contributed by atoms with E-state index in [0.29, 0.717) is 36.3 Å². The highest BCUT2D eigenvalue weighted by molar-refractivity contribution is 6.05. The van der Waals surface area contributed by atoms with Crippen LogP contribution in [0.3, 0.4) is 0 Å². The monoisotopic (exact) mass is 524 g/mol. The average molecular weight is 525 g/mol. The molecule has 1 N–H and O–H groups in total. The molecule has 1 fully saturated rings. The number of rotatable bonds is 7. The number of para-hydroxylation sites is 2. The van der Waals surface area contributed by atoms with Crippen LogP contribution in [0.15, 0.2) is 71.7 Å². The van der Waals surface area contributed by atoms with Crippen molar-refractivity contribution in [3.63, 3.8) is 0 Å². The first-order valence-corrected chi connectivity index (χ1v) is 13.5. The van der Waals surface area contributed by atoms with Crippen LogP contribution in [0.4, 0.5) is 0 Å². The number of amides is 1. The highest BCUT2D eigenvalue weighted by Crippen LogP contribution is 2.28. The van der Waals surface area contributed by atoms with E-state index in [2.05, 4.69) is 15.4 Å². The van der Waals surface area contributed by atoms with Gasteiger partial charge in [0, 0.05) is 30.6 Å². The smallest absolute Gasteiger partial charge is 0.333 e. The largest absolute Gasteiger partial charge is 0.481 e. The Morgan fingerprint density at radius 1 is 1.00 bits per heavy atom. The predicted molar refractivity (Wildman–Crippen MR) is 151 cm³/mol. The lowest BCUT2D eigenvalue weighted by molar-refractivity contribution is 0.0911. The number of aryl methyl sites for hydroxylation is 1. The molecule has 0 saturated heterocycles. The quantitative estimate of drug-likeness (QED) is 0.337. The van der Waals surface area contributed by atoms with Gasteiger partial charge in [0.15, 0.2) is 0 Å². The third-order valence-corrected chi connectivity index (χ3v) is 7.81. The lowest BCUT2D eigenvalue weighted by Crippen LogP contribution is -2.39. The Morgan fingerprint density at radius 2 is 1.74 bits per heavy atom. The number of nitrogens with zero attached hydrogens (tertiary/aromatic N) is 5. The van der Waals surface area contributed by atoms with E-state index in [9.17, 15) is 9.59 Å². The summed E-state index contributed by atoms with van der Waals surface area (Å²) in [7, 11) is 1.57. The molecule has 0 unspecified atom stereocenters. The number of hydrogen-bond acceptors (Lipinski definition) is 5. The summed E-state index contributed by atoms with van der Waals surface area (Å²) in [4.78, 5) is 31.2. The van der Waals surface area contributed by atoms with Gasteiger partial charge in [0.2, 0.25) is 5.88 Å². The minimum absolute atomic E-state index is 0.0682. The number of pyridine rings is 1. The lowest BCUT2D eigenvalue weighted by atomic mass is 9.86. The van der Waals surface area contributed by atoms with Crippen LogP contribution in [-0.4, -0.2) is 43.0 Å². The van der Waals surface area contributed by atoms with E-state index in [1.165, 1.54) is 0 Å². The van der Waals surface area contributed by atoms with Gasteiger partial charge in [0.05, 0.1) is 35.5 Å². The fourth-order valence-electron chi connectivity index (χ4n) is 5.81.